The molecule has 3 rings (SSSR count). The Kier molecular flexibility index (Phi) is 7.89. The van der Waals surface area contributed by atoms with E-state index in [9.17, 15) is 4.79 Å². The minimum atomic E-state index is -0.0858. The van der Waals surface area contributed by atoms with Gasteiger partial charge in [-0.2, -0.15) is 0 Å². The number of carbonyl (C=O) groups is 1. The number of allylic oxidation sites excluding steroid dienone is 1. The number of anilines is 1. The molecule has 0 radical (unpaired) electrons. The van der Waals surface area contributed by atoms with Gasteiger partial charge in [0.25, 0.3) is 0 Å². The standard InChI is InChI=1S/C24H28N4O2S/c1-5-14-28-23(19-8-7-9-21(15-19)30-4)26-27-24(28)31-16-22(29)25-20-12-10-18(11-13-20)17(3)6-2/h5,7-13,15,17H,1,6,14,16H2,2-4H3,(H,25,29)/t17-/m1/s1. The van der Waals surface area contributed by atoms with E-state index >= 15 is 0 Å². The third-order valence-corrected chi connectivity index (χ3v) is 6.03. The van der Waals surface area contributed by atoms with Gasteiger partial charge in [-0.1, -0.05) is 56.0 Å². The number of hydrogen-bond acceptors (Lipinski definition) is 5. The summed E-state index contributed by atoms with van der Waals surface area (Å²) in [6, 6.07) is 15.7. The van der Waals surface area contributed by atoms with Crippen molar-refractivity contribution < 1.29 is 9.53 Å². The van der Waals surface area contributed by atoms with E-state index in [0.29, 0.717) is 23.4 Å². The van der Waals surface area contributed by atoms with E-state index < -0.39 is 0 Å². The molecule has 2 aromatic carbocycles. The van der Waals surface area contributed by atoms with Gasteiger partial charge in [0.15, 0.2) is 11.0 Å². The van der Waals surface area contributed by atoms with E-state index in [4.69, 9.17) is 4.74 Å². The Morgan fingerprint density at radius 1 is 1.26 bits per heavy atom. The van der Waals surface area contributed by atoms with Gasteiger partial charge in [0.1, 0.15) is 5.75 Å². The van der Waals surface area contributed by atoms with Crippen LogP contribution in [-0.4, -0.2) is 33.5 Å². The number of thioether (sulfide) groups is 1. The summed E-state index contributed by atoms with van der Waals surface area (Å²) in [5.41, 5.74) is 2.96. The van der Waals surface area contributed by atoms with Gasteiger partial charge >= 0.3 is 0 Å². The Bertz CT molecular complexity index is 1030. The molecule has 1 heterocycles. The fourth-order valence-electron chi connectivity index (χ4n) is 3.12. The normalized spacial score (nSPS) is 11.7. The van der Waals surface area contributed by atoms with Gasteiger partial charge in [0, 0.05) is 17.8 Å². The van der Waals surface area contributed by atoms with E-state index in [2.05, 4.69) is 48.1 Å². The summed E-state index contributed by atoms with van der Waals surface area (Å²) in [7, 11) is 1.63. The summed E-state index contributed by atoms with van der Waals surface area (Å²) in [5, 5.41) is 12.2. The van der Waals surface area contributed by atoms with Crippen LogP contribution in [0.25, 0.3) is 11.4 Å². The summed E-state index contributed by atoms with van der Waals surface area (Å²) in [6.45, 7) is 8.74. The Morgan fingerprint density at radius 3 is 2.71 bits per heavy atom. The highest BCUT2D eigenvalue weighted by Crippen LogP contribution is 2.27. The van der Waals surface area contributed by atoms with Crippen LogP contribution < -0.4 is 10.1 Å². The lowest BCUT2D eigenvalue weighted by Crippen LogP contribution is -2.14. The van der Waals surface area contributed by atoms with Crippen molar-refractivity contribution in [3.63, 3.8) is 0 Å². The van der Waals surface area contributed by atoms with Crippen molar-refractivity contribution >= 4 is 23.4 Å². The van der Waals surface area contributed by atoms with E-state index in [1.807, 2.05) is 41.0 Å². The molecule has 0 bridgehead atoms. The lowest BCUT2D eigenvalue weighted by atomic mass is 9.99. The monoisotopic (exact) mass is 436 g/mol. The Hall–Kier alpha value is -3.06. The molecular weight excluding hydrogens is 408 g/mol. The van der Waals surface area contributed by atoms with Gasteiger partial charge in [-0.15, -0.1) is 16.8 Å². The maximum absolute atomic E-state index is 12.5. The molecule has 1 N–H and O–H groups in total. The van der Waals surface area contributed by atoms with Crippen molar-refractivity contribution in [1.29, 1.82) is 0 Å². The molecule has 0 unspecified atom stereocenters. The maximum Gasteiger partial charge on any atom is 0.234 e. The number of methoxy groups -OCH3 is 1. The Labute approximate surface area is 187 Å². The molecule has 0 aliphatic heterocycles. The van der Waals surface area contributed by atoms with Crippen LogP contribution in [0.1, 0.15) is 31.7 Å². The van der Waals surface area contributed by atoms with Gasteiger partial charge in [0.05, 0.1) is 12.9 Å². The highest BCUT2D eigenvalue weighted by Gasteiger charge is 2.15. The Balaban J connectivity index is 1.67. The van der Waals surface area contributed by atoms with Crippen LogP contribution in [0.5, 0.6) is 5.75 Å². The molecule has 1 amide bonds. The lowest BCUT2D eigenvalue weighted by Gasteiger charge is -2.11. The number of nitrogens with one attached hydrogen (secondary N) is 1. The van der Waals surface area contributed by atoms with E-state index in [1.165, 1.54) is 17.3 Å². The van der Waals surface area contributed by atoms with Crippen molar-refractivity contribution in [3.05, 3.63) is 66.7 Å². The fraction of sp³-hybridized carbons (Fsp3) is 0.292. The van der Waals surface area contributed by atoms with Crippen molar-refractivity contribution in [2.24, 2.45) is 0 Å². The van der Waals surface area contributed by atoms with Crippen LogP contribution in [0.2, 0.25) is 0 Å². The molecule has 6 nitrogen and oxygen atoms in total. The number of nitrogens with zero attached hydrogens (tertiary/aromatic N) is 3. The van der Waals surface area contributed by atoms with Crippen LogP contribution >= 0.6 is 11.8 Å². The van der Waals surface area contributed by atoms with Crippen LogP contribution in [0.15, 0.2) is 66.3 Å². The van der Waals surface area contributed by atoms with Crippen LogP contribution in [0.4, 0.5) is 5.69 Å². The first-order valence-corrected chi connectivity index (χ1v) is 11.2. The first-order chi connectivity index (χ1) is 15.0. The molecular formula is C24H28N4O2S. The zero-order valence-electron chi connectivity index (χ0n) is 18.2. The predicted molar refractivity (Wildman–Crippen MR) is 127 cm³/mol. The molecule has 0 spiro atoms. The van der Waals surface area contributed by atoms with Crippen molar-refractivity contribution in [2.45, 2.75) is 37.9 Å². The molecule has 0 saturated heterocycles. The zero-order chi connectivity index (χ0) is 22.2. The second-order valence-electron chi connectivity index (χ2n) is 7.21. The second kappa shape index (κ2) is 10.8. The van der Waals surface area contributed by atoms with Crippen molar-refractivity contribution in [1.82, 2.24) is 14.8 Å². The first-order valence-electron chi connectivity index (χ1n) is 10.3. The topological polar surface area (TPSA) is 69.0 Å². The highest BCUT2D eigenvalue weighted by molar-refractivity contribution is 7.99. The van der Waals surface area contributed by atoms with E-state index in [1.54, 1.807) is 13.2 Å². The summed E-state index contributed by atoms with van der Waals surface area (Å²) >= 11 is 1.35. The molecule has 1 atom stereocenters. The lowest BCUT2D eigenvalue weighted by molar-refractivity contribution is -0.113. The second-order valence-corrected chi connectivity index (χ2v) is 8.15. The van der Waals surface area contributed by atoms with Gasteiger partial charge in [0.2, 0.25) is 5.91 Å². The molecule has 0 saturated carbocycles. The molecule has 3 aromatic rings. The number of ether oxygens (including phenoxy) is 1. The number of aromatic nitrogens is 3. The van der Waals surface area contributed by atoms with Crippen LogP contribution in [0.3, 0.4) is 0 Å². The SMILES string of the molecule is C=CCn1c(SCC(=O)Nc2ccc([C@H](C)CC)cc2)nnc1-c1cccc(OC)c1. The molecule has 7 heteroatoms. The molecule has 0 aliphatic rings. The Morgan fingerprint density at radius 2 is 2.03 bits per heavy atom. The molecule has 1 aromatic heterocycles. The molecule has 31 heavy (non-hydrogen) atoms. The van der Waals surface area contributed by atoms with Crippen LogP contribution in [-0.2, 0) is 11.3 Å². The fourth-order valence-corrected chi connectivity index (χ4v) is 3.87. The van der Waals surface area contributed by atoms with Crippen molar-refractivity contribution in [3.8, 4) is 17.1 Å². The zero-order valence-corrected chi connectivity index (χ0v) is 19.0. The number of hydrogen-bond donors (Lipinski definition) is 1. The smallest absolute Gasteiger partial charge is 0.234 e. The minimum Gasteiger partial charge on any atom is -0.497 e. The average Bonchev–Trinajstić information content (AvgIpc) is 3.20. The summed E-state index contributed by atoms with van der Waals surface area (Å²) in [6.07, 6.45) is 2.88. The highest BCUT2D eigenvalue weighted by atomic mass is 32.2. The van der Waals surface area contributed by atoms with Crippen LogP contribution in [0, 0.1) is 0 Å². The summed E-state index contributed by atoms with van der Waals surface area (Å²) < 4.78 is 7.25. The average molecular weight is 437 g/mol. The molecule has 162 valence electrons. The molecule has 0 fully saturated rings. The summed E-state index contributed by atoms with van der Waals surface area (Å²) in [4.78, 5) is 12.5. The van der Waals surface area contributed by atoms with Crippen molar-refractivity contribution in [2.75, 3.05) is 18.2 Å². The van der Waals surface area contributed by atoms with Gasteiger partial charge in [-0.3, -0.25) is 9.36 Å². The quantitative estimate of drug-likeness (QED) is 0.341. The van der Waals surface area contributed by atoms with Gasteiger partial charge in [-0.25, -0.2) is 0 Å². The largest absolute Gasteiger partial charge is 0.497 e. The number of benzene rings is 2. The third-order valence-electron chi connectivity index (χ3n) is 5.06. The number of amides is 1. The predicted octanol–water partition coefficient (Wildman–Crippen LogP) is 5.38. The third kappa shape index (κ3) is 5.76. The summed E-state index contributed by atoms with van der Waals surface area (Å²) in [5.74, 6) is 2.12. The van der Waals surface area contributed by atoms with E-state index in [0.717, 1.165) is 23.4 Å². The maximum atomic E-state index is 12.5. The van der Waals surface area contributed by atoms with Gasteiger partial charge < -0.3 is 10.1 Å². The first kappa shape index (κ1) is 22.6. The number of rotatable bonds is 10. The van der Waals surface area contributed by atoms with E-state index in [-0.39, 0.29) is 11.7 Å². The minimum absolute atomic E-state index is 0.0858. The molecule has 0 aliphatic carbocycles. The van der Waals surface area contributed by atoms with Gasteiger partial charge in [-0.05, 0) is 42.2 Å². The number of carbonyl (C=O) groups excluding carboxylic acids is 1.